The van der Waals surface area contributed by atoms with Crippen LogP contribution in [-0.4, -0.2) is 34.4 Å². The Labute approximate surface area is 290 Å². The maximum atomic E-state index is 11.1. The van der Waals surface area contributed by atoms with Gasteiger partial charge in [-0.3, -0.25) is 4.79 Å². The van der Waals surface area contributed by atoms with Gasteiger partial charge in [0, 0.05) is 35.6 Å². The highest BCUT2D eigenvalue weighted by molar-refractivity contribution is 5.95. The van der Waals surface area contributed by atoms with Crippen LogP contribution in [0.3, 0.4) is 0 Å². The number of carboxylic acid groups (broad SMARTS) is 1. The molecular weight excluding hydrogens is 608 g/mol. The lowest BCUT2D eigenvalue weighted by atomic mass is 9.78. The lowest BCUT2D eigenvalue weighted by Crippen LogP contribution is -2.26. The smallest absolute Gasteiger partial charge is 0.305 e. The summed E-state index contributed by atoms with van der Waals surface area (Å²) in [5.41, 5.74) is 6.05. The number of nitrogens with zero attached hydrogens (tertiary/aromatic N) is 1. The van der Waals surface area contributed by atoms with Gasteiger partial charge in [0.1, 0.15) is 0 Å². The van der Waals surface area contributed by atoms with Crippen molar-refractivity contribution >= 4 is 38.9 Å². The number of rotatable bonds is 12. The van der Waals surface area contributed by atoms with Gasteiger partial charge in [-0.05, 0) is 69.1 Å². The fourth-order valence-corrected chi connectivity index (χ4v) is 6.83. The zero-order valence-corrected chi connectivity index (χ0v) is 29.2. The zero-order chi connectivity index (χ0) is 35.4. The molecule has 6 heteroatoms. The maximum Gasteiger partial charge on any atom is 0.305 e. The Morgan fingerprint density at radius 2 is 1.47 bits per heavy atom. The zero-order valence-electron chi connectivity index (χ0n) is 29.2. The third-order valence-electron chi connectivity index (χ3n) is 8.97. The third kappa shape index (κ3) is 8.55. The summed E-state index contributed by atoms with van der Waals surface area (Å²) in [6, 6.07) is 25.9. The van der Waals surface area contributed by atoms with Crippen molar-refractivity contribution in [2.75, 3.05) is 23.3 Å². The van der Waals surface area contributed by atoms with Crippen LogP contribution in [0.1, 0.15) is 65.0 Å². The van der Waals surface area contributed by atoms with E-state index < -0.39 is 5.97 Å². The molecule has 4 aromatic rings. The van der Waals surface area contributed by atoms with Crippen molar-refractivity contribution in [2.45, 2.75) is 64.7 Å². The number of aliphatic carboxylic acids is 1. The third-order valence-corrected chi connectivity index (χ3v) is 8.97. The molecule has 254 valence electrons. The summed E-state index contributed by atoms with van der Waals surface area (Å²) in [5, 5.41) is 32.1. The van der Waals surface area contributed by atoms with Crippen molar-refractivity contribution in [2.24, 2.45) is 0 Å². The van der Waals surface area contributed by atoms with Gasteiger partial charge in [-0.2, -0.15) is 0 Å². The van der Waals surface area contributed by atoms with E-state index in [0.29, 0.717) is 6.54 Å². The predicted molar refractivity (Wildman–Crippen MR) is 204 cm³/mol. The highest BCUT2D eigenvalue weighted by atomic mass is 16.4. The molecule has 0 aliphatic carbocycles. The second kappa shape index (κ2) is 16.6. The number of hydrogen-bond donors (Lipinski definition) is 4. The normalized spacial score (nSPS) is 14.7. The van der Waals surface area contributed by atoms with E-state index in [0.717, 1.165) is 25.1 Å². The summed E-state index contributed by atoms with van der Waals surface area (Å²) in [5.74, 6) is -0.798. The Bertz CT molecular complexity index is 1950. The number of anilines is 2. The predicted octanol–water partition coefficient (Wildman–Crippen LogP) is 9.96. The molecule has 0 aromatic heterocycles. The molecular formula is C43H48N2O4. The molecule has 0 saturated heterocycles. The van der Waals surface area contributed by atoms with Crippen molar-refractivity contribution < 1.29 is 20.1 Å². The summed E-state index contributed by atoms with van der Waals surface area (Å²) in [7, 11) is 0. The number of aliphatic hydroxyl groups is 2. The molecule has 0 atom stereocenters. The number of fused-ring (bicyclic) bond motifs is 4. The topological polar surface area (TPSA) is 93.0 Å². The molecule has 49 heavy (non-hydrogen) atoms. The summed E-state index contributed by atoms with van der Waals surface area (Å²) in [6.45, 7) is 12.8. The first-order valence-corrected chi connectivity index (χ1v) is 16.8. The van der Waals surface area contributed by atoms with Crippen LogP contribution < -0.4 is 10.2 Å². The van der Waals surface area contributed by atoms with E-state index in [1.807, 2.05) is 0 Å². The van der Waals surface area contributed by atoms with Gasteiger partial charge in [0.2, 0.25) is 0 Å². The number of carboxylic acids is 1. The molecule has 0 saturated carbocycles. The average Bonchev–Trinajstić information content (AvgIpc) is 3.30. The van der Waals surface area contributed by atoms with E-state index in [4.69, 9.17) is 15.3 Å². The molecule has 1 heterocycles. The maximum absolute atomic E-state index is 11.1. The van der Waals surface area contributed by atoms with E-state index in [9.17, 15) is 4.79 Å². The van der Waals surface area contributed by atoms with E-state index in [-0.39, 0.29) is 17.3 Å². The molecule has 5 rings (SSSR count). The fourth-order valence-electron chi connectivity index (χ4n) is 6.83. The summed E-state index contributed by atoms with van der Waals surface area (Å²) >= 11 is 0. The van der Waals surface area contributed by atoms with E-state index in [1.165, 1.54) is 56.3 Å². The Morgan fingerprint density at radius 1 is 0.857 bits per heavy atom. The molecule has 0 bridgehead atoms. The molecule has 4 N–H and O–H groups in total. The van der Waals surface area contributed by atoms with Crippen molar-refractivity contribution in [3.63, 3.8) is 0 Å². The van der Waals surface area contributed by atoms with Gasteiger partial charge in [-0.1, -0.05) is 132 Å². The second-order valence-electron chi connectivity index (χ2n) is 13.3. The quantitative estimate of drug-likeness (QED) is 0.0896. The molecule has 1 aliphatic rings. The van der Waals surface area contributed by atoms with Crippen LogP contribution in [-0.2, 0) is 15.6 Å². The van der Waals surface area contributed by atoms with Crippen LogP contribution in [0.5, 0.6) is 0 Å². The number of hydrogen-bond acceptors (Lipinski definition) is 5. The minimum atomic E-state index is -0.798. The first-order valence-electron chi connectivity index (χ1n) is 16.8. The SMILES string of the molecule is CCCN1/C(=C/C=C/C=C/C=C/CC(C)(C)c2c(NCCC(=O)O)ccc3ccccc23)C(C)(C)c2c1ccc1ccccc21.OC#CO. The molecule has 6 nitrogen and oxygen atoms in total. The minimum Gasteiger partial charge on any atom is -0.481 e. The fraction of sp³-hybridized carbons (Fsp3) is 0.279. The van der Waals surface area contributed by atoms with Gasteiger partial charge in [0.25, 0.3) is 0 Å². The van der Waals surface area contributed by atoms with Crippen LogP contribution in [0.2, 0.25) is 0 Å². The van der Waals surface area contributed by atoms with E-state index in [1.54, 1.807) is 0 Å². The Balaban J connectivity index is 0.00000128. The molecule has 1 aliphatic heterocycles. The van der Waals surface area contributed by atoms with Gasteiger partial charge < -0.3 is 25.5 Å². The number of allylic oxidation sites excluding steroid dienone is 8. The van der Waals surface area contributed by atoms with E-state index in [2.05, 4.69) is 160 Å². The van der Waals surface area contributed by atoms with Crippen LogP contribution >= 0.6 is 0 Å². The van der Waals surface area contributed by atoms with Crippen LogP contribution in [0.25, 0.3) is 21.5 Å². The molecule has 4 aromatic carbocycles. The first kappa shape index (κ1) is 36.4. The standard InChI is InChI=1S/C41H46N2O2.C2H2O2/c1-6-29-43-35-25-23-31-18-13-15-20-33(31)39(35)41(4,5)36(43)21-11-9-7-8-10-16-27-40(2,3)38-32-19-14-12-17-30(32)22-24-34(38)42-28-26-37(44)45;3-1-2-4/h7-25,42H,6,26-29H2,1-5H3,(H,44,45);3-4H/b8-7+,11-9+,16-10+,36-21+;. The van der Waals surface area contributed by atoms with Crippen molar-refractivity contribution in [3.05, 3.63) is 132 Å². The highest BCUT2D eigenvalue weighted by Gasteiger charge is 2.40. The molecule has 0 radical (unpaired) electrons. The largest absolute Gasteiger partial charge is 0.481 e. The van der Waals surface area contributed by atoms with Gasteiger partial charge in [-0.15, -0.1) is 0 Å². The van der Waals surface area contributed by atoms with Crippen molar-refractivity contribution in [1.29, 1.82) is 0 Å². The Morgan fingerprint density at radius 3 is 2.14 bits per heavy atom. The summed E-state index contributed by atoms with van der Waals surface area (Å²) in [6.07, 6.45) is 19.6. The minimum absolute atomic E-state index is 0.0829. The summed E-state index contributed by atoms with van der Waals surface area (Å²) in [4.78, 5) is 13.6. The van der Waals surface area contributed by atoms with Gasteiger partial charge in [-0.25, -0.2) is 0 Å². The number of nitrogens with one attached hydrogen (secondary N) is 1. The molecule has 0 fully saturated rings. The molecule has 0 amide bonds. The lowest BCUT2D eigenvalue weighted by Gasteiger charge is -2.29. The average molecular weight is 657 g/mol. The number of carbonyl (C=O) groups is 1. The lowest BCUT2D eigenvalue weighted by molar-refractivity contribution is -0.136. The van der Waals surface area contributed by atoms with E-state index >= 15 is 0 Å². The molecule has 0 spiro atoms. The number of aliphatic hydroxyl groups excluding tert-OH is 2. The first-order chi connectivity index (χ1) is 23.6. The Kier molecular flexibility index (Phi) is 12.4. The second-order valence-corrected chi connectivity index (χ2v) is 13.3. The van der Waals surface area contributed by atoms with Gasteiger partial charge in [0.15, 0.2) is 12.2 Å². The summed E-state index contributed by atoms with van der Waals surface area (Å²) < 4.78 is 0. The van der Waals surface area contributed by atoms with Crippen LogP contribution in [0.15, 0.2) is 121 Å². The highest BCUT2D eigenvalue weighted by Crippen LogP contribution is 2.50. The van der Waals surface area contributed by atoms with Gasteiger partial charge >= 0.3 is 5.97 Å². The van der Waals surface area contributed by atoms with Crippen LogP contribution in [0.4, 0.5) is 11.4 Å². The molecule has 0 unspecified atom stereocenters. The van der Waals surface area contributed by atoms with Gasteiger partial charge in [0.05, 0.1) is 6.42 Å². The monoisotopic (exact) mass is 656 g/mol. The van der Waals surface area contributed by atoms with Crippen molar-refractivity contribution in [1.82, 2.24) is 0 Å². The number of benzene rings is 4. The van der Waals surface area contributed by atoms with Crippen molar-refractivity contribution in [3.8, 4) is 12.2 Å². The van der Waals surface area contributed by atoms with Crippen LogP contribution in [0, 0.1) is 12.2 Å². The Hall–Kier alpha value is -5.41.